The molecule has 1 heterocycles. The van der Waals surface area contributed by atoms with Crippen LogP contribution in [0.25, 0.3) is 0 Å². The lowest BCUT2D eigenvalue weighted by Gasteiger charge is -2.04. The molecule has 0 saturated heterocycles. The van der Waals surface area contributed by atoms with E-state index in [0.29, 0.717) is 5.69 Å². The molecule has 0 bridgehead atoms. The molecule has 16 heavy (non-hydrogen) atoms. The fourth-order valence-electron chi connectivity index (χ4n) is 1.07. The molecule has 0 saturated carbocycles. The average molecular weight is 240 g/mol. The van der Waals surface area contributed by atoms with Crippen LogP contribution in [0.2, 0.25) is 0 Å². The van der Waals surface area contributed by atoms with Crippen molar-refractivity contribution in [3.05, 3.63) is 37.2 Å². The zero-order chi connectivity index (χ0) is 12.0. The van der Waals surface area contributed by atoms with Crippen LogP contribution in [0.5, 0.6) is 0 Å². The number of pyridine rings is 1. The molecule has 0 radical (unpaired) electrons. The van der Waals surface area contributed by atoms with Crippen molar-refractivity contribution in [1.82, 2.24) is 4.98 Å². The predicted octanol–water partition coefficient (Wildman–Crippen LogP) is 0.621. The van der Waals surface area contributed by atoms with Crippen molar-refractivity contribution in [2.75, 3.05) is 16.8 Å². The van der Waals surface area contributed by atoms with Gasteiger partial charge in [0.2, 0.25) is 5.91 Å². The second-order valence-corrected chi connectivity index (χ2v) is 5.24. The third-order valence-electron chi connectivity index (χ3n) is 1.67. The van der Waals surface area contributed by atoms with Crippen molar-refractivity contribution in [3.63, 3.8) is 0 Å². The summed E-state index contributed by atoms with van der Waals surface area (Å²) in [7, 11) is -3.40. The van der Waals surface area contributed by atoms with Gasteiger partial charge in [0.25, 0.3) is 0 Å². The standard InChI is InChI=1S/C10H12N2O3S/c1-2-6-16(14,15)8-10(13)12-9-4-3-5-11-7-9/h2-5,7H,1,6,8H2,(H,12,13). The lowest BCUT2D eigenvalue weighted by Crippen LogP contribution is -2.24. The number of carbonyl (C=O) groups is 1. The van der Waals surface area contributed by atoms with Crippen LogP contribution in [0.3, 0.4) is 0 Å². The molecule has 5 nitrogen and oxygen atoms in total. The van der Waals surface area contributed by atoms with Gasteiger partial charge in [-0.05, 0) is 12.1 Å². The van der Waals surface area contributed by atoms with Gasteiger partial charge in [0.05, 0.1) is 17.6 Å². The number of carbonyl (C=O) groups excluding carboxylic acids is 1. The molecule has 0 fully saturated rings. The van der Waals surface area contributed by atoms with Crippen LogP contribution in [-0.4, -0.2) is 30.8 Å². The molecule has 1 N–H and O–H groups in total. The van der Waals surface area contributed by atoms with E-state index in [0.717, 1.165) is 0 Å². The molecule has 1 aromatic heterocycles. The lowest BCUT2D eigenvalue weighted by molar-refractivity contribution is -0.113. The molecule has 86 valence electrons. The Labute approximate surface area is 94.1 Å². The van der Waals surface area contributed by atoms with E-state index in [2.05, 4.69) is 16.9 Å². The first-order valence-corrected chi connectivity index (χ1v) is 6.37. The fraction of sp³-hybridized carbons (Fsp3) is 0.200. The summed E-state index contributed by atoms with van der Waals surface area (Å²) in [5.41, 5.74) is 0.473. The molecule has 1 amide bonds. The van der Waals surface area contributed by atoms with Gasteiger partial charge in [0.1, 0.15) is 5.75 Å². The summed E-state index contributed by atoms with van der Waals surface area (Å²) in [5, 5.41) is 2.44. The van der Waals surface area contributed by atoms with E-state index in [9.17, 15) is 13.2 Å². The number of nitrogens with one attached hydrogen (secondary N) is 1. The van der Waals surface area contributed by atoms with Crippen molar-refractivity contribution in [3.8, 4) is 0 Å². The number of aromatic nitrogens is 1. The molecule has 0 spiro atoms. The number of hydrogen-bond acceptors (Lipinski definition) is 4. The van der Waals surface area contributed by atoms with Crippen LogP contribution in [-0.2, 0) is 14.6 Å². The fourth-order valence-corrected chi connectivity index (χ4v) is 2.02. The van der Waals surface area contributed by atoms with E-state index in [1.54, 1.807) is 18.3 Å². The number of hydrogen-bond donors (Lipinski definition) is 1. The van der Waals surface area contributed by atoms with Gasteiger partial charge in [-0.1, -0.05) is 6.08 Å². The highest BCUT2D eigenvalue weighted by Gasteiger charge is 2.14. The van der Waals surface area contributed by atoms with Crippen LogP contribution < -0.4 is 5.32 Å². The average Bonchev–Trinajstić information content (AvgIpc) is 2.17. The number of anilines is 1. The quantitative estimate of drug-likeness (QED) is 0.765. The summed E-state index contributed by atoms with van der Waals surface area (Å²) in [4.78, 5) is 15.1. The Morgan fingerprint density at radius 3 is 2.88 bits per heavy atom. The van der Waals surface area contributed by atoms with Crippen LogP contribution in [0, 0.1) is 0 Å². The van der Waals surface area contributed by atoms with Crippen LogP contribution in [0.4, 0.5) is 5.69 Å². The molecule has 0 atom stereocenters. The van der Waals surface area contributed by atoms with Crippen LogP contribution >= 0.6 is 0 Å². The van der Waals surface area contributed by atoms with Crippen molar-refractivity contribution >= 4 is 21.4 Å². The van der Waals surface area contributed by atoms with Gasteiger partial charge < -0.3 is 5.32 Å². The minimum atomic E-state index is -3.40. The Hall–Kier alpha value is -1.69. The minimum absolute atomic E-state index is 0.201. The zero-order valence-corrected chi connectivity index (χ0v) is 9.40. The number of nitrogens with zero attached hydrogens (tertiary/aromatic N) is 1. The van der Waals surface area contributed by atoms with Gasteiger partial charge in [-0.25, -0.2) is 8.42 Å². The molecular weight excluding hydrogens is 228 g/mol. The molecule has 0 aliphatic rings. The lowest BCUT2D eigenvalue weighted by atomic mass is 10.4. The zero-order valence-electron chi connectivity index (χ0n) is 8.59. The first kappa shape index (κ1) is 12.4. The van der Waals surface area contributed by atoms with E-state index >= 15 is 0 Å². The van der Waals surface area contributed by atoms with Gasteiger partial charge in [0, 0.05) is 6.20 Å². The highest BCUT2D eigenvalue weighted by molar-refractivity contribution is 7.92. The van der Waals surface area contributed by atoms with Crippen LogP contribution in [0.1, 0.15) is 0 Å². The molecule has 0 aliphatic heterocycles. The number of amides is 1. The highest BCUT2D eigenvalue weighted by atomic mass is 32.2. The number of sulfone groups is 1. The van der Waals surface area contributed by atoms with Gasteiger partial charge in [-0.15, -0.1) is 6.58 Å². The Kier molecular flexibility index (Phi) is 4.19. The first-order valence-electron chi connectivity index (χ1n) is 4.55. The molecule has 1 aromatic rings. The summed E-state index contributed by atoms with van der Waals surface area (Å²) in [6.45, 7) is 3.32. The maximum absolute atomic E-state index is 11.4. The Bertz CT molecular complexity index is 468. The summed E-state index contributed by atoms with van der Waals surface area (Å²) in [5.74, 6) is -1.32. The van der Waals surface area contributed by atoms with Gasteiger partial charge in [-0.2, -0.15) is 0 Å². The molecule has 0 unspecified atom stereocenters. The van der Waals surface area contributed by atoms with Crippen molar-refractivity contribution in [2.45, 2.75) is 0 Å². The maximum Gasteiger partial charge on any atom is 0.239 e. The smallest absolute Gasteiger partial charge is 0.239 e. The van der Waals surface area contributed by atoms with Gasteiger partial charge in [0.15, 0.2) is 9.84 Å². The largest absolute Gasteiger partial charge is 0.324 e. The molecule has 6 heteroatoms. The SMILES string of the molecule is C=CCS(=O)(=O)CC(=O)Nc1cccnc1. The van der Waals surface area contributed by atoms with E-state index in [4.69, 9.17) is 0 Å². The summed E-state index contributed by atoms with van der Waals surface area (Å²) < 4.78 is 22.6. The highest BCUT2D eigenvalue weighted by Crippen LogP contribution is 2.03. The topological polar surface area (TPSA) is 76.1 Å². The Morgan fingerprint density at radius 2 is 2.31 bits per heavy atom. The van der Waals surface area contributed by atoms with Crippen molar-refractivity contribution in [2.24, 2.45) is 0 Å². The van der Waals surface area contributed by atoms with Gasteiger partial charge in [-0.3, -0.25) is 9.78 Å². The minimum Gasteiger partial charge on any atom is -0.324 e. The summed E-state index contributed by atoms with van der Waals surface area (Å²) in [6, 6.07) is 3.28. The molecule has 0 aromatic carbocycles. The normalized spacial score (nSPS) is 10.8. The molecular formula is C10H12N2O3S. The van der Waals surface area contributed by atoms with Gasteiger partial charge >= 0.3 is 0 Å². The molecule has 1 rings (SSSR count). The first-order chi connectivity index (χ1) is 7.53. The second kappa shape index (κ2) is 5.41. The maximum atomic E-state index is 11.4. The third-order valence-corrected chi connectivity index (χ3v) is 3.11. The predicted molar refractivity (Wildman–Crippen MR) is 61.7 cm³/mol. The van der Waals surface area contributed by atoms with E-state index < -0.39 is 21.5 Å². The summed E-state index contributed by atoms with van der Waals surface area (Å²) in [6.07, 6.45) is 4.26. The number of rotatable bonds is 5. The monoisotopic (exact) mass is 240 g/mol. The van der Waals surface area contributed by atoms with Crippen molar-refractivity contribution in [1.29, 1.82) is 0 Å². The van der Waals surface area contributed by atoms with E-state index in [1.165, 1.54) is 12.3 Å². The van der Waals surface area contributed by atoms with E-state index in [1.807, 2.05) is 0 Å². The summed E-state index contributed by atoms with van der Waals surface area (Å²) >= 11 is 0. The van der Waals surface area contributed by atoms with Crippen LogP contribution in [0.15, 0.2) is 37.2 Å². The van der Waals surface area contributed by atoms with E-state index in [-0.39, 0.29) is 5.75 Å². The Balaban J connectivity index is 2.58. The third kappa shape index (κ3) is 4.22. The second-order valence-electron chi connectivity index (χ2n) is 3.13. The molecule has 0 aliphatic carbocycles. The Morgan fingerprint density at radius 1 is 1.56 bits per heavy atom. The van der Waals surface area contributed by atoms with Crippen molar-refractivity contribution < 1.29 is 13.2 Å².